The number of nitrogen functional groups attached to an aromatic ring is 1. The molecule has 2 aromatic rings. The number of aromatic nitrogens is 3. The van der Waals surface area contributed by atoms with Gasteiger partial charge in [-0.2, -0.15) is 0 Å². The quantitative estimate of drug-likeness (QED) is 0.887. The number of benzene rings is 1. The number of anilines is 1. The van der Waals surface area contributed by atoms with Crippen molar-refractivity contribution in [3.05, 3.63) is 35.5 Å². The molecule has 1 unspecified atom stereocenters. The van der Waals surface area contributed by atoms with Crippen LogP contribution in [0.3, 0.4) is 0 Å². The summed E-state index contributed by atoms with van der Waals surface area (Å²) in [7, 11) is 0. The van der Waals surface area contributed by atoms with Gasteiger partial charge in [-0.1, -0.05) is 30.3 Å². The third kappa shape index (κ3) is 1.81. The largest absolute Gasteiger partial charge is 0.488 e. The van der Waals surface area contributed by atoms with Crippen molar-refractivity contribution in [3.63, 3.8) is 0 Å². The lowest BCUT2D eigenvalue weighted by molar-refractivity contribution is 0.200. The van der Waals surface area contributed by atoms with Gasteiger partial charge in [0.2, 0.25) is 0 Å². The number of hydrogen-bond donors (Lipinski definition) is 1. The minimum Gasteiger partial charge on any atom is -0.488 e. The van der Waals surface area contributed by atoms with E-state index in [0.29, 0.717) is 12.4 Å². The minimum absolute atomic E-state index is 0.119. The molecule has 1 aromatic carbocycles. The van der Waals surface area contributed by atoms with Crippen molar-refractivity contribution in [2.45, 2.75) is 32.4 Å². The van der Waals surface area contributed by atoms with Gasteiger partial charge in [0.1, 0.15) is 11.9 Å². The SMILES string of the molecule is CCc1c(N)nnn1CC1Cc2ccccc2O1. The van der Waals surface area contributed by atoms with Crippen LogP contribution < -0.4 is 10.5 Å². The molecule has 0 aliphatic carbocycles. The highest BCUT2D eigenvalue weighted by molar-refractivity contribution is 5.37. The van der Waals surface area contributed by atoms with Crippen LogP contribution in [0.25, 0.3) is 0 Å². The van der Waals surface area contributed by atoms with Gasteiger partial charge in [0.25, 0.3) is 0 Å². The number of fused-ring (bicyclic) bond motifs is 1. The first-order valence-electron chi connectivity index (χ1n) is 6.20. The number of hydrogen-bond acceptors (Lipinski definition) is 4. The molecule has 1 aliphatic heterocycles. The smallest absolute Gasteiger partial charge is 0.169 e. The lowest BCUT2D eigenvalue weighted by Gasteiger charge is -2.12. The highest BCUT2D eigenvalue weighted by Gasteiger charge is 2.24. The molecule has 0 spiro atoms. The Balaban J connectivity index is 1.76. The van der Waals surface area contributed by atoms with Gasteiger partial charge in [-0.25, -0.2) is 4.68 Å². The standard InChI is InChI=1S/C13H16N4O/c1-2-11-13(14)15-16-17(11)8-10-7-9-5-3-4-6-12(9)18-10/h3-6,10H,2,7-8,14H2,1H3. The van der Waals surface area contributed by atoms with Gasteiger partial charge in [-0.15, -0.1) is 5.10 Å². The van der Waals surface area contributed by atoms with E-state index in [1.165, 1.54) is 5.56 Å². The molecule has 94 valence electrons. The molecule has 0 saturated carbocycles. The van der Waals surface area contributed by atoms with Crippen molar-refractivity contribution >= 4 is 5.82 Å². The first-order valence-corrected chi connectivity index (χ1v) is 6.20. The Morgan fingerprint density at radius 2 is 2.28 bits per heavy atom. The topological polar surface area (TPSA) is 66.0 Å². The monoisotopic (exact) mass is 244 g/mol. The van der Waals surface area contributed by atoms with E-state index < -0.39 is 0 Å². The second-order valence-corrected chi connectivity index (χ2v) is 4.51. The molecule has 3 rings (SSSR count). The fraction of sp³-hybridized carbons (Fsp3) is 0.385. The summed E-state index contributed by atoms with van der Waals surface area (Å²) in [6.45, 7) is 2.75. The summed E-state index contributed by atoms with van der Waals surface area (Å²) in [4.78, 5) is 0. The fourth-order valence-electron chi connectivity index (χ4n) is 2.41. The van der Waals surface area contributed by atoms with Crippen molar-refractivity contribution in [1.29, 1.82) is 0 Å². The molecule has 0 amide bonds. The molecule has 5 nitrogen and oxygen atoms in total. The van der Waals surface area contributed by atoms with Crippen molar-refractivity contribution in [3.8, 4) is 5.75 Å². The molecular formula is C13H16N4O. The van der Waals surface area contributed by atoms with Crippen molar-refractivity contribution < 1.29 is 4.74 Å². The average Bonchev–Trinajstić information content (AvgIpc) is 2.93. The Labute approximate surface area is 106 Å². The Hall–Kier alpha value is -2.04. The van der Waals surface area contributed by atoms with E-state index in [1.54, 1.807) is 0 Å². The van der Waals surface area contributed by atoms with Crippen LogP contribution in [0.5, 0.6) is 5.75 Å². The van der Waals surface area contributed by atoms with Gasteiger partial charge in [-0.05, 0) is 18.1 Å². The lowest BCUT2D eigenvalue weighted by Crippen LogP contribution is -2.23. The lowest BCUT2D eigenvalue weighted by atomic mass is 10.1. The molecule has 2 N–H and O–H groups in total. The van der Waals surface area contributed by atoms with Crippen LogP contribution in [-0.2, 0) is 19.4 Å². The molecule has 18 heavy (non-hydrogen) atoms. The van der Waals surface area contributed by atoms with E-state index in [4.69, 9.17) is 10.5 Å². The summed E-state index contributed by atoms with van der Waals surface area (Å²) >= 11 is 0. The van der Waals surface area contributed by atoms with Gasteiger partial charge < -0.3 is 10.5 Å². The molecule has 0 fully saturated rings. The van der Waals surface area contributed by atoms with Crippen LogP contribution in [0.15, 0.2) is 24.3 Å². The molecule has 0 saturated heterocycles. The Kier molecular flexibility index (Phi) is 2.66. The molecule has 0 bridgehead atoms. The minimum atomic E-state index is 0.119. The summed E-state index contributed by atoms with van der Waals surface area (Å²) in [6, 6.07) is 8.14. The molecular weight excluding hydrogens is 228 g/mol. The molecule has 1 aromatic heterocycles. The number of para-hydroxylation sites is 1. The van der Waals surface area contributed by atoms with Gasteiger partial charge in [0.05, 0.1) is 12.2 Å². The molecule has 1 atom stereocenters. The predicted molar refractivity (Wildman–Crippen MR) is 68.4 cm³/mol. The maximum absolute atomic E-state index is 5.89. The molecule has 2 heterocycles. The Bertz CT molecular complexity index is 539. The maximum Gasteiger partial charge on any atom is 0.169 e. The Morgan fingerprint density at radius 3 is 3.06 bits per heavy atom. The number of nitrogens with two attached hydrogens (primary N) is 1. The summed E-state index contributed by atoms with van der Waals surface area (Å²) < 4.78 is 7.74. The summed E-state index contributed by atoms with van der Waals surface area (Å²) in [6.07, 6.45) is 1.87. The second-order valence-electron chi connectivity index (χ2n) is 4.51. The first-order chi connectivity index (χ1) is 8.78. The highest BCUT2D eigenvalue weighted by Crippen LogP contribution is 2.28. The van der Waals surface area contributed by atoms with E-state index in [0.717, 1.165) is 24.3 Å². The normalized spacial score (nSPS) is 17.5. The predicted octanol–water partition coefficient (Wildman–Crippen LogP) is 1.43. The van der Waals surface area contributed by atoms with Gasteiger partial charge >= 0.3 is 0 Å². The van der Waals surface area contributed by atoms with Gasteiger partial charge in [-0.3, -0.25) is 0 Å². The highest BCUT2D eigenvalue weighted by atomic mass is 16.5. The average molecular weight is 244 g/mol. The van der Waals surface area contributed by atoms with E-state index in [2.05, 4.69) is 23.3 Å². The van der Waals surface area contributed by atoms with Crippen LogP contribution in [0.4, 0.5) is 5.82 Å². The van der Waals surface area contributed by atoms with E-state index in [1.807, 2.05) is 22.9 Å². The maximum atomic E-state index is 5.89. The van der Waals surface area contributed by atoms with E-state index >= 15 is 0 Å². The van der Waals surface area contributed by atoms with Crippen LogP contribution in [0.2, 0.25) is 0 Å². The second kappa shape index (κ2) is 4.33. The summed E-state index contributed by atoms with van der Waals surface area (Å²) in [5.41, 5.74) is 8.01. The molecule has 5 heteroatoms. The van der Waals surface area contributed by atoms with Crippen molar-refractivity contribution in [1.82, 2.24) is 15.0 Å². The molecule has 0 radical (unpaired) electrons. The first kappa shape index (κ1) is 11.1. The summed E-state index contributed by atoms with van der Waals surface area (Å²) in [5, 5.41) is 7.99. The third-order valence-corrected chi connectivity index (χ3v) is 3.29. The Morgan fingerprint density at radius 1 is 1.44 bits per heavy atom. The number of nitrogens with zero attached hydrogens (tertiary/aromatic N) is 3. The van der Waals surface area contributed by atoms with E-state index in [9.17, 15) is 0 Å². The van der Waals surface area contributed by atoms with Gasteiger partial charge in [0, 0.05) is 6.42 Å². The number of ether oxygens (including phenoxy) is 1. The van der Waals surface area contributed by atoms with E-state index in [-0.39, 0.29) is 6.10 Å². The zero-order valence-electron chi connectivity index (χ0n) is 10.3. The zero-order valence-corrected chi connectivity index (χ0v) is 10.3. The zero-order chi connectivity index (χ0) is 12.5. The van der Waals surface area contributed by atoms with Crippen LogP contribution in [0.1, 0.15) is 18.2 Å². The van der Waals surface area contributed by atoms with Gasteiger partial charge in [0.15, 0.2) is 5.82 Å². The summed E-state index contributed by atoms with van der Waals surface area (Å²) in [5.74, 6) is 1.50. The number of rotatable bonds is 3. The third-order valence-electron chi connectivity index (χ3n) is 3.29. The van der Waals surface area contributed by atoms with Crippen molar-refractivity contribution in [2.75, 3.05) is 5.73 Å². The van der Waals surface area contributed by atoms with Crippen LogP contribution in [-0.4, -0.2) is 21.1 Å². The van der Waals surface area contributed by atoms with Crippen LogP contribution >= 0.6 is 0 Å². The van der Waals surface area contributed by atoms with Crippen LogP contribution in [0, 0.1) is 0 Å². The van der Waals surface area contributed by atoms with Crippen molar-refractivity contribution in [2.24, 2.45) is 0 Å². The molecule has 1 aliphatic rings. The fourth-order valence-corrected chi connectivity index (χ4v) is 2.41.